The number of morpholine rings is 1. The number of carbonyl (C=O) groups excluding carboxylic acids is 1. The van der Waals surface area contributed by atoms with Crippen LogP contribution in [0.15, 0.2) is 29.2 Å². The largest absolute Gasteiger partial charge is 0.373 e. The molecule has 21 heavy (non-hydrogen) atoms. The number of ether oxygens (including phenoxy) is 1. The van der Waals surface area contributed by atoms with Crippen molar-refractivity contribution in [1.29, 1.82) is 0 Å². The summed E-state index contributed by atoms with van der Waals surface area (Å²) < 4.78 is 28.5. The van der Waals surface area contributed by atoms with E-state index in [1.54, 1.807) is 17.0 Å². The van der Waals surface area contributed by atoms with Gasteiger partial charge in [-0.1, -0.05) is 15.9 Å². The van der Waals surface area contributed by atoms with Gasteiger partial charge in [-0.05, 0) is 31.2 Å². The minimum absolute atomic E-state index is 0.00221. The maximum Gasteiger partial charge on any atom is 0.254 e. The molecule has 1 aliphatic heterocycles. The Morgan fingerprint density at radius 1 is 1.38 bits per heavy atom. The SMILES string of the molecule is CC1COC(CBr)CN1C(=O)c1ccc(S(C)(=O)=O)cc1. The Hall–Kier alpha value is -0.920. The van der Waals surface area contributed by atoms with Crippen LogP contribution in [0.1, 0.15) is 17.3 Å². The van der Waals surface area contributed by atoms with Gasteiger partial charge in [-0.3, -0.25) is 4.79 Å². The molecule has 1 aliphatic rings. The second-order valence-corrected chi connectivity index (χ2v) is 7.88. The van der Waals surface area contributed by atoms with Gasteiger partial charge in [-0.15, -0.1) is 0 Å². The van der Waals surface area contributed by atoms with Crippen LogP contribution in [0.25, 0.3) is 0 Å². The summed E-state index contributed by atoms with van der Waals surface area (Å²) in [6.07, 6.45) is 1.13. The summed E-state index contributed by atoms with van der Waals surface area (Å²) >= 11 is 3.37. The van der Waals surface area contributed by atoms with Crippen LogP contribution in [0.5, 0.6) is 0 Å². The van der Waals surface area contributed by atoms with E-state index in [1.165, 1.54) is 12.1 Å². The van der Waals surface area contributed by atoms with Crippen molar-refractivity contribution in [3.8, 4) is 0 Å². The van der Waals surface area contributed by atoms with Crippen molar-refractivity contribution in [1.82, 2.24) is 4.90 Å². The fourth-order valence-corrected chi connectivity index (χ4v) is 3.23. The van der Waals surface area contributed by atoms with Crippen LogP contribution in [0.2, 0.25) is 0 Å². The molecular weight excluding hydrogens is 358 g/mol. The average Bonchev–Trinajstić information content (AvgIpc) is 2.46. The third-order valence-corrected chi connectivity index (χ3v) is 5.32. The van der Waals surface area contributed by atoms with E-state index in [1.807, 2.05) is 6.92 Å². The van der Waals surface area contributed by atoms with Gasteiger partial charge >= 0.3 is 0 Å². The number of hydrogen-bond donors (Lipinski definition) is 0. The lowest BCUT2D eigenvalue weighted by Gasteiger charge is -2.37. The van der Waals surface area contributed by atoms with E-state index in [0.717, 1.165) is 6.26 Å². The van der Waals surface area contributed by atoms with Crippen molar-refractivity contribution in [3.05, 3.63) is 29.8 Å². The number of hydrogen-bond acceptors (Lipinski definition) is 4. The van der Waals surface area contributed by atoms with Crippen LogP contribution >= 0.6 is 15.9 Å². The normalized spacial score (nSPS) is 23.1. The van der Waals surface area contributed by atoms with E-state index >= 15 is 0 Å². The number of benzene rings is 1. The summed E-state index contributed by atoms with van der Waals surface area (Å²) in [6, 6.07) is 6.06. The van der Waals surface area contributed by atoms with Crippen LogP contribution in [-0.4, -0.2) is 56.1 Å². The molecular formula is C14H18BrNO4S. The first kappa shape index (κ1) is 16.5. The topological polar surface area (TPSA) is 63.7 Å². The number of amides is 1. The molecule has 0 bridgehead atoms. The minimum Gasteiger partial charge on any atom is -0.373 e. The van der Waals surface area contributed by atoms with E-state index in [-0.39, 0.29) is 22.9 Å². The summed E-state index contributed by atoms with van der Waals surface area (Å²) in [6.45, 7) is 2.97. The minimum atomic E-state index is -3.24. The number of halogens is 1. The number of sulfone groups is 1. The Kier molecular flexibility index (Phi) is 5.06. The van der Waals surface area contributed by atoms with E-state index in [4.69, 9.17) is 4.74 Å². The zero-order chi connectivity index (χ0) is 15.6. The van der Waals surface area contributed by atoms with Crippen LogP contribution in [0.4, 0.5) is 0 Å². The lowest BCUT2D eigenvalue weighted by molar-refractivity contribution is -0.0361. The summed E-state index contributed by atoms with van der Waals surface area (Å²) in [5.74, 6) is -0.100. The Balaban J connectivity index is 2.19. The van der Waals surface area contributed by atoms with Gasteiger partial charge in [0.15, 0.2) is 9.84 Å². The van der Waals surface area contributed by atoms with E-state index in [2.05, 4.69) is 15.9 Å². The molecule has 116 valence electrons. The summed E-state index contributed by atoms with van der Waals surface area (Å²) in [5, 5.41) is 0.677. The van der Waals surface area contributed by atoms with Gasteiger partial charge in [0.05, 0.1) is 23.6 Å². The average molecular weight is 376 g/mol. The smallest absolute Gasteiger partial charge is 0.254 e. The summed E-state index contributed by atoms with van der Waals surface area (Å²) in [5.41, 5.74) is 0.490. The van der Waals surface area contributed by atoms with Crippen molar-refractivity contribution in [2.75, 3.05) is 24.7 Å². The first-order chi connectivity index (χ1) is 9.82. The fourth-order valence-electron chi connectivity index (χ4n) is 2.20. The third-order valence-electron chi connectivity index (χ3n) is 3.47. The van der Waals surface area contributed by atoms with Gasteiger partial charge in [0.1, 0.15) is 0 Å². The first-order valence-electron chi connectivity index (χ1n) is 6.61. The van der Waals surface area contributed by atoms with Crippen molar-refractivity contribution in [3.63, 3.8) is 0 Å². The van der Waals surface area contributed by atoms with Crippen LogP contribution < -0.4 is 0 Å². The highest BCUT2D eigenvalue weighted by Crippen LogP contribution is 2.18. The molecule has 0 radical (unpaired) electrons. The zero-order valence-electron chi connectivity index (χ0n) is 12.0. The summed E-state index contributed by atoms with van der Waals surface area (Å²) in [7, 11) is -3.24. The molecule has 1 amide bonds. The lowest BCUT2D eigenvalue weighted by Crippen LogP contribution is -2.51. The van der Waals surface area contributed by atoms with Crippen molar-refractivity contribution in [2.24, 2.45) is 0 Å². The predicted molar refractivity (Wildman–Crippen MR) is 83.6 cm³/mol. The number of nitrogens with zero attached hydrogens (tertiary/aromatic N) is 1. The maximum atomic E-state index is 12.5. The van der Waals surface area contributed by atoms with Crippen molar-refractivity contribution >= 4 is 31.7 Å². The van der Waals surface area contributed by atoms with Crippen LogP contribution in [-0.2, 0) is 14.6 Å². The first-order valence-corrected chi connectivity index (χ1v) is 9.63. The van der Waals surface area contributed by atoms with Gasteiger partial charge in [0.25, 0.3) is 5.91 Å². The monoisotopic (exact) mass is 375 g/mol. The molecule has 5 nitrogen and oxygen atoms in total. The van der Waals surface area contributed by atoms with Gasteiger partial charge in [-0.2, -0.15) is 0 Å². The highest BCUT2D eigenvalue weighted by molar-refractivity contribution is 9.09. The highest BCUT2D eigenvalue weighted by atomic mass is 79.9. The molecule has 1 aromatic carbocycles. The Bertz CT molecular complexity index is 614. The molecule has 0 saturated carbocycles. The highest BCUT2D eigenvalue weighted by Gasteiger charge is 2.29. The van der Waals surface area contributed by atoms with E-state index in [9.17, 15) is 13.2 Å². The van der Waals surface area contributed by atoms with Crippen molar-refractivity contribution in [2.45, 2.75) is 24.0 Å². The van der Waals surface area contributed by atoms with Gasteiger partial charge in [0.2, 0.25) is 0 Å². The number of alkyl halides is 1. The Morgan fingerprint density at radius 3 is 2.52 bits per heavy atom. The quantitative estimate of drug-likeness (QED) is 0.754. The van der Waals surface area contributed by atoms with Crippen molar-refractivity contribution < 1.29 is 17.9 Å². The van der Waals surface area contributed by atoms with Gasteiger partial charge in [-0.25, -0.2) is 8.42 Å². The second kappa shape index (κ2) is 6.46. The Labute approximate surface area is 133 Å². The van der Waals surface area contributed by atoms with Gasteiger partial charge < -0.3 is 9.64 Å². The van der Waals surface area contributed by atoms with E-state index < -0.39 is 9.84 Å². The van der Waals surface area contributed by atoms with Gasteiger partial charge in [0, 0.05) is 23.7 Å². The molecule has 2 unspecified atom stereocenters. The molecule has 2 atom stereocenters. The van der Waals surface area contributed by atoms with E-state index in [0.29, 0.717) is 24.0 Å². The van der Waals surface area contributed by atoms with Crippen LogP contribution in [0.3, 0.4) is 0 Å². The van der Waals surface area contributed by atoms with Crippen LogP contribution in [0, 0.1) is 0 Å². The number of carbonyl (C=O) groups is 1. The standard InChI is InChI=1S/C14H18BrNO4S/c1-10-9-20-12(7-15)8-16(10)14(17)11-3-5-13(6-4-11)21(2,18)19/h3-6,10,12H,7-9H2,1-2H3. The Morgan fingerprint density at radius 2 is 2.00 bits per heavy atom. The molecule has 7 heteroatoms. The molecule has 1 saturated heterocycles. The lowest BCUT2D eigenvalue weighted by atomic mass is 10.1. The third kappa shape index (κ3) is 3.84. The molecule has 0 aliphatic carbocycles. The fraction of sp³-hybridized carbons (Fsp3) is 0.500. The second-order valence-electron chi connectivity index (χ2n) is 5.21. The molecule has 0 spiro atoms. The molecule has 0 N–H and O–H groups in total. The molecule has 1 fully saturated rings. The zero-order valence-corrected chi connectivity index (χ0v) is 14.4. The molecule has 1 aromatic rings. The summed E-state index contributed by atoms with van der Waals surface area (Å²) in [4.78, 5) is 14.5. The molecule has 1 heterocycles. The molecule has 2 rings (SSSR count). The number of rotatable bonds is 3. The molecule has 0 aromatic heterocycles. The predicted octanol–water partition coefficient (Wildman–Crippen LogP) is 1.71. The maximum absolute atomic E-state index is 12.5.